The van der Waals surface area contributed by atoms with E-state index in [4.69, 9.17) is 5.11 Å². The fourth-order valence-electron chi connectivity index (χ4n) is 2.88. The molecule has 104 valence electrons. The average Bonchev–Trinajstić information content (AvgIpc) is 2.46. The van der Waals surface area contributed by atoms with E-state index < -0.39 is 6.09 Å². The van der Waals surface area contributed by atoms with Crippen molar-refractivity contribution in [3.8, 4) is 0 Å². The number of aromatic nitrogens is 1. The van der Waals surface area contributed by atoms with Gasteiger partial charge >= 0.3 is 6.09 Å². The number of rotatable bonds is 1. The van der Waals surface area contributed by atoms with E-state index >= 15 is 0 Å². The molecule has 0 unspecified atom stereocenters. The van der Waals surface area contributed by atoms with Crippen molar-refractivity contribution < 1.29 is 14.3 Å². The Bertz CT molecular complexity index is 651. The molecule has 1 aromatic carbocycles. The van der Waals surface area contributed by atoms with Gasteiger partial charge in [-0.3, -0.25) is 4.98 Å². The summed E-state index contributed by atoms with van der Waals surface area (Å²) in [5.74, 6) is -0.00683. The number of carbonyl (C=O) groups is 1. The second kappa shape index (κ2) is 5.07. The van der Waals surface area contributed by atoms with Crippen LogP contribution in [0, 0.1) is 5.82 Å². The summed E-state index contributed by atoms with van der Waals surface area (Å²) in [6, 6.07) is 6.52. The Balaban J connectivity index is 1.91. The predicted octanol–water partition coefficient (Wildman–Crippen LogP) is 3.23. The lowest BCUT2D eigenvalue weighted by Gasteiger charge is -2.30. The van der Waals surface area contributed by atoms with E-state index in [1.807, 2.05) is 6.07 Å². The number of nitrogens with zero attached hydrogens (tertiary/aromatic N) is 2. The Morgan fingerprint density at radius 1 is 1.30 bits per heavy atom. The number of hydrogen-bond acceptors (Lipinski definition) is 2. The number of piperidine rings is 1. The molecule has 0 spiro atoms. The van der Waals surface area contributed by atoms with Crippen LogP contribution in [-0.2, 0) is 0 Å². The van der Waals surface area contributed by atoms with Crippen LogP contribution < -0.4 is 0 Å². The van der Waals surface area contributed by atoms with Crippen LogP contribution in [0.2, 0.25) is 0 Å². The average molecular weight is 274 g/mol. The molecule has 3 rings (SSSR count). The second-order valence-corrected chi connectivity index (χ2v) is 5.11. The monoisotopic (exact) mass is 274 g/mol. The zero-order valence-corrected chi connectivity index (χ0v) is 10.9. The van der Waals surface area contributed by atoms with Gasteiger partial charge in [-0.2, -0.15) is 0 Å². The van der Waals surface area contributed by atoms with Gasteiger partial charge in [0.25, 0.3) is 0 Å². The zero-order valence-electron chi connectivity index (χ0n) is 10.9. The Morgan fingerprint density at radius 3 is 2.75 bits per heavy atom. The molecule has 0 bridgehead atoms. The van der Waals surface area contributed by atoms with E-state index in [0.29, 0.717) is 13.1 Å². The topological polar surface area (TPSA) is 53.4 Å². The van der Waals surface area contributed by atoms with Crippen molar-refractivity contribution in [3.05, 3.63) is 41.8 Å². The van der Waals surface area contributed by atoms with Gasteiger partial charge in [-0.05, 0) is 48.6 Å². The number of halogens is 1. The molecule has 2 aromatic rings. The van der Waals surface area contributed by atoms with Crippen molar-refractivity contribution in [2.45, 2.75) is 18.8 Å². The van der Waals surface area contributed by atoms with Gasteiger partial charge in [-0.15, -0.1) is 0 Å². The molecular formula is C15H15FN2O2. The third-order valence-electron chi connectivity index (χ3n) is 3.94. The summed E-state index contributed by atoms with van der Waals surface area (Å²) >= 11 is 0. The van der Waals surface area contributed by atoms with Crippen molar-refractivity contribution in [2.75, 3.05) is 13.1 Å². The third kappa shape index (κ3) is 2.31. The molecular weight excluding hydrogens is 259 g/mol. The molecule has 1 amide bonds. The summed E-state index contributed by atoms with van der Waals surface area (Å²) < 4.78 is 13.4. The van der Waals surface area contributed by atoms with E-state index in [0.717, 1.165) is 29.3 Å². The van der Waals surface area contributed by atoms with Crippen molar-refractivity contribution in [2.24, 2.45) is 0 Å². The minimum absolute atomic E-state index is 0.262. The van der Waals surface area contributed by atoms with Gasteiger partial charge in [-0.1, -0.05) is 0 Å². The van der Waals surface area contributed by atoms with Gasteiger partial charge in [0.05, 0.1) is 5.52 Å². The largest absolute Gasteiger partial charge is 0.465 e. The highest BCUT2D eigenvalue weighted by molar-refractivity contribution is 5.82. The first-order valence-electron chi connectivity index (χ1n) is 6.67. The number of pyridine rings is 1. The fraction of sp³-hybridized carbons (Fsp3) is 0.333. The normalized spacial score (nSPS) is 16.6. The smallest absolute Gasteiger partial charge is 0.407 e. The first-order valence-corrected chi connectivity index (χ1v) is 6.67. The van der Waals surface area contributed by atoms with E-state index in [2.05, 4.69) is 4.98 Å². The molecule has 0 atom stereocenters. The van der Waals surface area contributed by atoms with Crippen molar-refractivity contribution >= 4 is 17.0 Å². The Morgan fingerprint density at radius 2 is 2.05 bits per heavy atom. The molecule has 1 N–H and O–H groups in total. The van der Waals surface area contributed by atoms with Crippen LogP contribution in [0.3, 0.4) is 0 Å². The number of carboxylic acid groups (broad SMARTS) is 1. The number of hydrogen-bond donors (Lipinski definition) is 1. The first-order chi connectivity index (χ1) is 9.65. The molecule has 2 heterocycles. The molecule has 20 heavy (non-hydrogen) atoms. The van der Waals surface area contributed by atoms with Gasteiger partial charge in [0.15, 0.2) is 0 Å². The van der Waals surface area contributed by atoms with Crippen LogP contribution in [0.5, 0.6) is 0 Å². The van der Waals surface area contributed by atoms with Gasteiger partial charge < -0.3 is 10.0 Å². The molecule has 1 aliphatic heterocycles. The maximum absolute atomic E-state index is 13.4. The molecule has 1 aliphatic rings. The SMILES string of the molecule is O=C(O)N1CCC(c2ccnc3ccc(F)cc23)CC1. The number of amides is 1. The molecule has 4 nitrogen and oxygen atoms in total. The maximum atomic E-state index is 13.4. The Hall–Kier alpha value is -2.17. The number of likely N-dealkylation sites (tertiary alicyclic amines) is 1. The Kier molecular flexibility index (Phi) is 3.26. The fourth-order valence-corrected chi connectivity index (χ4v) is 2.88. The summed E-state index contributed by atoms with van der Waals surface area (Å²) in [5, 5.41) is 9.80. The molecule has 5 heteroatoms. The molecule has 1 fully saturated rings. The van der Waals surface area contributed by atoms with E-state index in [-0.39, 0.29) is 11.7 Å². The van der Waals surface area contributed by atoms with E-state index in [1.54, 1.807) is 12.3 Å². The second-order valence-electron chi connectivity index (χ2n) is 5.11. The quantitative estimate of drug-likeness (QED) is 0.868. The van der Waals surface area contributed by atoms with Gasteiger partial charge in [0.2, 0.25) is 0 Å². The van der Waals surface area contributed by atoms with Crippen LogP contribution in [0.25, 0.3) is 10.9 Å². The van der Waals surface area contributed by atoms with Crippen LogP contribution in [0.1, 0.15) is 24.3 Å². The Labute approximate surface area is 115 Å². The van der Waals surface area contributed by atoms with Gasteiger partial charge in [0, 0.05) is 24.7 Å². The molecule has 0 saturated carbocycles. The molecule has 0 radical (unpaired) electrons. The molecule has 0 aliphatic carbocycles. The molecule has 1 saturated heterocycles. The zero-order chi connectivity index (χ0) is 14.1. The number of fused-ring (bicyclic) bond motifs is 1. The summed E-state index contributed by atoms with van der Waals surface area (Å²) in [7, 11) is 0. The predicted molar refractivity (Wildman–Crippen MR) is 73.3 cm³/mol. The lowest BCUT2D eigenvalue weighted by molar-refractivity contribution is 0.132. The third-order valence-corrected chi connectivity index (χ3v) is 3.94. The highest BCUT2D eigenvalue weighted by atomic mass is 19.1. The van der Waals surface area contributed by atoms with Gasteiger partial charge in [-0.25, -0.2) is 9.18 Å². The van der Waals surface area contributed by atoms with Crippen molar-refractivity contribution in [1.29, 1.82) is 0 Å². The van der Waals surface area contributed by atoms with Crippen LogP contribution in [-0.4, -0.2) is 34.2 Å². The van der Waals surface area contributed by atoms with Crippen LogP contribution >= 0.6 is 0 Å². The lowest BCUT2D eigenvalue weighted by atomic mass is 9.87. The lowest BCUT2D eigenvalue weighted by Crippen LogP contribution is -2.36. The molecule has 1 aromatic heterocycles. The first kappa shape index (κ1) is 12.8. The van der Waals surface area contributed by atoms with Crippen LogP contribution in [0.15, 0.2) is 30.5 Å². The van der Waals surface area contributed by atoms with E-state index in [1.165, 1.54) is 17.0 Å². The highest BCUT2D eigenvalue weighted by Crippen LogP contribution is 2.32. The number of benzene rings is 1. The highest BCUT2D eigenvalue weighted by Gasteiger charge is 2.24. The standard InChI is InChI=1S/C15H15FN2O2/c16-11-1-2-14-13(9-11)12(3-6-17-14)10-4-7-18(8-5-10)15(19)20/h1-3,6,9-10H,4-5,7-8H2,(H,19,20). The maximum Gasteiger partial charge on any atom is 0.407 e. The summed E-state index contributed by atoms with van der Waals surface area (Å²) in [6.07, 6.45) is 2.40. The van der Waals surface area contributed by atoms with E-state index in [9.17, 15) is 9.18 Å². The summed E-state index contributed by atoms with van der Waals surface area (Å²) in [5.41, 5.74) is 1.85. The van der Waals surface area contributed by atoms with Crippen LogP contribution in [0.4, 0.5) is 9.18 Å². The van der Waals surface area contributed by atoms with Crippen molar-refractivity contribution in [1.82, 2.24) is 9.88 Å². The minimum atomic E-state index is -0.867. The summed E-state index contributed by atoms with van der Waals surface area (Å²) in [4.78, 5) is 16.6. The minimum Gasteiger partial charge on any atom is -0.465 e. The summed E-state index contributed by atoms with van der Waals surface area (Å²) in [6.45, 7) is 1.05. The van der Waals surface area contributed by atoms with Gasteiger partial charge in [0.1, 0.15) is 5.82 Å². The van der Waals surface area contributed by atoms with Crippen molar-refractivity contribution in [3.63, 3.8) is 0 Å².